The van der Waals surface area contributed by atoms with Gasteiger partial charge in [-0.15, -0.1) is 0 Å². The van der Waals surface area contributed by atoms with Gasteiger partial charge in [0.2, 0.25) is 0 Å². The summed E-state index contributed by atoms with van der Waals surface area (Å²) < 4.78 is 5.29. The molecule has 0 amide bonds. The quantitative estimate of drug-likeness (QED) is 0.864. The Bertz CT molecular complexity index is 491. The minimum atomic E-state index is -0.304. The van der Waals surface area contributed by atoms with E-state index in [-0.39, 0.29) is 6.04 Å². The van der Waals surface area contributed by atoms with Crippen molar-refractivity contribution in [1.82, 2.24) is 0 Å². The van der Waals surface area contributed by atoms with Crippen molar-refractivity contribution in [2.75, 3.05) is 0 Å². The molecular weight excluding hydrogens is 222 g/mol. The van der Waals surface area contributed by atoms with Crippen LogP contribution in [-0.4, -0.2) is 0 Å². The first kappa shape index (κ1) is 11.2. The Morgan fingerprint density at radius 1 is 1.25 bits per heavy atom. The van der Waals surface area contributed by atoms with E-state index in [1.54, 1.807) is 6.26 Å². The molecule has 0 aliphatic carbocycles. The van der Waals surface area contributed by atoms with Gasteiger partial charge in [-0.05, 0) is 48.7 Å². The third-order valence-corrected chi connectivity index (χ3v) is 3.13. The van der Waals surface area contributed by atoms with Crippen LogP contribution in [0.15, 0.2) is 34.9 Å². The minimum absolute atomic E-state index is 0.304. The van der Waals surface area contributed by atoms with E-state index in [0.717, 1.165) is 11.3 Å². The molecule has 3 heteroatoms. The Hall–Kier alpha value is -1.25. The third-order valence-electron chi connectivity index (χ3n) is 2.80. The number of hydrogen-bond acceptors (Lipinski definition) is 2. The molecular formula is C13H14ClNO. The average Bonchev–Trinajstić information content (AvgIpc) is 2.75. The van der Waals surface area contributed by atoms with Crippen LogP contribution in [0.4, 0.5) is 0 Å². The van der Waals surface area contributed by atoms with Gasteiger partial charge >= 0.3 is 0 Å². The Kier molecular flexibility index (Phi) is 3.03. The summed E-state index contributed by atoms with van der Waals surface area (Å²) in [5, 5.41) is 0.687. The van der Waals surface area contributed by atoms with E-state index in [1.807, 2.05) is 38.1 Å². The summed E-state index contributed by atoms with van der Waals surface area (Å²) in [6.45, 7) is 4.08. The third kappa shape index (κ3) is 1.99. The number of aryl methyl sites for hydroxylation is 2. The van der Waals surface area contributed by atoms with Crippen molar-refractivity contribution in [3.63, 3.8) is 0 Å². The zero-order chi connectivity index (χ0) is 11.7. The zero-order valence-corrected chi connectivity index (χ0v) is 10.1. The number of nitrogens with two attached hydrogens (primary N) is 1. The molecule has 1 atom stereocenters. The molecule has 1 aromatic heterocycles. The molecule has 2 N–H and O–H groups in total. The van der Waals surface area contributed by atoms with Crippen molar-refractivity contribution in [3.8, 4) is 0 Å². The minimum Gasteiger partial charge on any atom is -0.467 e. The fraction of sp³-hybridized carbons (Fsp3) is 0.231. The van der Waals surface area contributed by atoms with Gasteiger partial charge in [0.1, 0.15) is 5.76 Å². The smallest absolute Gasteiger partial charge is 0.125 e. The fourth-order valence-corrected chi connectivity index (χ4v) is 2.00. The lowest BCUT2D eigenvalue weighted by molar-refractivity contribution is 0.490. The van der Waals surface area contributed by atoms with E-state index in [4.69, 9.17) is 21.8 Å². The lowest BCUT2D eigenvalue weighted by Gasteiger charge is -2.13. The van der Waals surface area contributed by atoms with Crippen molar-refractivity contribution in [3.05, 3.63) is 58.0 Å². The van der Waals surface area contributed by atoms with Crippen LogP contribution in [-0.2, 0) is 0 Å². The SMILES string of the molecule is Cc1cc(Cl)c(C(N)c2ccco2)cc1C. The first-order valence-corrected chi connectivity index (χ1v) is 5.53. The van der Waals surface area contributed by atoms with Gasteiger partial charge in [0.15, 0.2) is 0 Å². The van der Waals surface area contributed by atoms with Crippen LogP contribution in [0.5, 0.6) is 0 Å². The lowest BCUT2D eigenvalue weighted by Crippen LogP contribution is -2.12. The first-order chi connectivity index (χ1) is 7.59. The number of halogens is 1. The van der Waals surface area contributed by atoms with Crippen LogP contribution in [0, 0.1) is 13.8 Å². The Balaban J connectivity index is 2.44. The second-order valence-electron chi connectivity index (χ2n) is 3.95. The van der Waals surface area contributed by atoms with Crippen LogP contribution in [0.25, 0.3) is 0 Å². The summed E-state index contributed by atoms with van der Waals surface area (Å²) >= 11 is 6.19. The molecule has 0 radical (unpaired) electrons. The molecule has 2 rings (SSSR count). The molecule has 1 unspecified atom stereocenters. The second-order valence-corrected chi connectivity index (χ2v) is 4.36. The summed E-state index contributed by atoms with van der Waals surface area (Å²) in [6.07, 6.45) is 1.62. The molecule has 0 aliphatic heterocycles. The van der Waals surface area contributed by atoms with Crippen LogP contribution in [0.3, 0.4) is 0 Å². The normalized spacial score (nSPS) is 12.8. The molecule has 1 heterocycles. The van der Waals surface area contributed by atoms with Gasteiger partial charge in [0.25, 0.3) is 0 Å². The van der Waals surface area contributed by atoms with E-state index in [0.29, 0.717) is 5.02 Å². The van der Waals surface area contributed by atoms with Gasteiger partial charge in [0.05, 0.1) is 12.3 Å². The Morgan fingerprint density at radius 2 is 1.94 bits per heavy atom. The van der Waals surface area contributed by atoms with Gasteiger partial charge in [-0.1, -0.05) is 17.7 Å². The van der Waals surface area contributed by atoms with Crippen LogP contribution < -0.4 is 5.73 Å². The highest BCUT2D eigenvalue weighted by molar-refractivity contribution is 6.31. The molecule has 0 spiro atoms. The maximum atomic E-state index is 6.19. The largest absolute Gasteiger partial charge is 0.467 e. The van der Waals surface area contributed by atoms with Gasteiger partial charge in [-0.2, -0.15) is 0 Å². The lowest BCUT2D eigenvalue weighted by atomic mass is 10.00. The first-order valence-electron chi connectivity index (χ1n) is 5.15. The van der Waals surface area contributed by atoms with Crippen molar-refractivity contribution in [2.24, 2.45) is 5.73 Å². The number of furan rings is 1. The molecule has 0 fully saturated rings. The number of benzene rings is 1. The Labute approximate surface area is 100 Å². The van der Waals surface area contributed by atoms with Crippen LogP contribution >= 0.6 is 11.6 Å². The fourth-order valence-electron chi connectivity index (χ4n) is 1.66. The molecule has 16 heavy (non-hydrogen) atoms. The molecule has 0 aliphatic rings. The van der Waals surface area contributed by atoms with E-state index in [9.17, 15) is 0 Å². The number of hydrogen-bond donors (Lipinski definition) is 1. The Morgan fingerprint density at radius 3 is 2.56 bits per heavy atom. The van der Waals surface area contributed by atoms with Crippen LogP contribution in [0.2, 0.25) is 5.02 Å². The molecule has 1 aromatic carbocycles. The standard InChI is InChI=1S/C13H14ClNO/c1-8-6-10(11(14)7-9(8)2)13(15)12-4-3-5-16-12/h3-7,13H,15H2,1-2H3. The van der Waals surface area contributed by atoms with E-state index >= 15 is 0 Å². The van der Waals surface area contributed by atoms with Gasteiger partial charge < -0.3 is 10.2 Å². The van der Waals surface area contributed by atoms with E-state index < -0.39 is 0 Å². The molecule has 2 nitrogen and oxygen atoms in total. The molecule has 2 aromatic rings. The topological polar surface area (TPSA) is 39.2 Å². The maximum absolute atomic E-state index is 6.19. The summed E-state index contributed by atoms with van der Waals surface area (Å²) in [6, 6.07) is 7.34. The molecule has 0 saturated carbocycles. The highest BCUT2D eigenvalue weighted by atomic mass is 35.5. The predicted molar refractivity (Wildman–Crippen MR) is 65.7 cm³/mol. The summed E-state index contributed by atoms with van der Waals surface area (Å²) in [7, 11) is 0. The van der Waals surface area contributed by atoms with Gasteiger partial charge in [-0.25, -0.2) is 0 Å². The van der Waals surface area contributed by atoms with E-state index in [2.05, 4.69) is 0 Å². The van der Waals surface area contributed by atoms with Gasteiger partial charge in [-0.3, -0.25) is 0 Å². The predicted octanol–water partition coefficient (Wildman–Crippen LogP) is 3.60. The second kappa shape index (κ2) is 4.32. The maximum Gasteiger partial charge on any atom is 0.125 e. The van der Waals surface area contributed by atoms with Crippen molar-refractivity contribution < 1.29 is 4.42 Å². The molecule has 0 saturated heterocycles. The summed E-state index contributed by atoms with van der Waals surface area (Å²) in [4.78, 5) is 0. The highest BCUT2D eigenvalue weighted by Gasteiger charge is 2.15. The summed E-state index contributed by atoms with van der Waals surface area (Å²) in [5.74, 6) is 0.727. The molecule has 84 valence electrons. The monoisotopic (exact) mass is 235 g/mol. The molecule has 0 bridgehead atoms. The van der Waals surface area contributed by atoms with E-state index in [1.165, 1.54) is 11.1 Å². The van der Waals surface area contributed by atoms with Crippen molar-refractivity contribution in [1.29, 1.82) is 0 Å². The number of rotatable bonds is 2. The van der Waals surface area contributed by atoms with Crippen LogP contribution in [0.1, 0.15) is 28.5 Å². The van der Waals surface area contributed by atoms with Crippen molar-refractivity contribution >= 4 is 11.6 Å². The zero-order valence-electron chi connectivity index (χ0n) is 9.33. The van der Waals surface area contributed by atoms with Crippen molar-refractivity contribution in [2.45, 2.75) is 19.9 Å². The average molecular weight is 236 g/mol. The summed E-state index contributed by atoms with van der Waals surface area (Å²) in [5.41, 5.74) is 9.35. The van der Waals surface area contributed by atoms with Gasteiger partial charge in [0, 0.05) is 5.02 Å². The highest BCUT2D eigenvalue weighted by Crippen LogP contribution is 2.29.